The van der Waals surface area contributed by atoms with E-state index in [-0.39, 0.29) is 24.3 Å². The summed E-state index contributed by atoms with van der Waals surface area (Å²) in [4.78, 5) is 30.7. The Labute approximate surface area is 241 Å². The van der Waals surface area contributed by atoms with Gasteiger partial charge in [-0.05, 0) is 47.2 Å². The molecule has 0 fully saturated rings. The first kappa shape index (κ1) is 29.2. The van der Waals surface area contributed by atoms with Crippen molar-refractivity contribution in [1.82, 2.24) is 15.2 Å². The van der Waals surface area contributed by atoms with Gasteiger partial charge in [-0.1, -0.05) is 54.6 Å². The summed E-state index contributed by atoms with van der Waals surface area (Å²) >= 11 is 0. The number of ether oxygens (including phenoxy) is 2. The molecule has 8 nitrogen and oxygen atoms in total. The van der Waals surface area contributed by atoms with Crippen molar-refractivity contribution in [2.45, 2.75) is 32.7 Å². The van der Waals surface area contributed by atoms with Crippen LogP contribution in [0.15, 0.2) is 73.0 Å². The molecule has 1 aliphatic carbocycles. The lowest BCUT2D eigenvalue weighted by atomic mass is 9.96. The van der Waals surface area contributed by atoms with Gasteiger partial charge in [0.2, 0.25) is 5.91 Å². The summed E-state index contributed by atoms with van der Waals surface area (Å²) in [5.74, 6) is 0.954. The summed E-state index contributed by atoms with van der Waals surface area (Å²) in [6, 6.07) is 16.9. The molecule has 0 aliphatic heterocycles. The summed E-state index contributed by atoms with van der Waals surface area (Å²) in [5.41, 5.74) is 5.27. The predicted molar refractivity (Wildman–Crippen MR) is 158 cm³/mol. The number of aromatic amines is 1. The number of hydrogen-bond donors (Lipinski definition) is 2. The van der Waals surface area contributed by atoms with Crippen LogP contribution in [0.5, 0.6) is 11.5 Å². The fourth-order valence-electron chi connectivity index (χ4n) is 4.91. The van der Waals surface area contributed by atoms with Gasteiger partial charge in [0.1, 0.15) is 11.5 Å². The second-order valence-electron chi connectivity index (χ2n) is 10.1. The number of hydrogen-bond acceptors (Lipinski definition) is 5. The normalized spacial score (nSPS) is 12.5. The highest BCUT2D eigenvalue weighted by Gasteiger charge is 2.22. The predicted octanol–water partition coefficient (Wildman–Crippen LogP) is 4.62. The Bertz CT molecular complexity index is 1430. The molecule has 1 aromatic heterocycles. The first-order valence-electron chi connectivity index (χ1n) is 13.7. The van der Waals surface area contributed by atoms with E-state index in [0.717, 1.165) is 40.1 Å². The summed E-state index contributed by atoms with van der Waals surface area (Å²) in [5, 5.41) is 11.8. The van der Waals surface area contributed by atoms with E-state index in [0.29, 0.717) is 38.2 Å². The Morgan fingerprint density at radius 3 is 2.68 bits per heavy atom. The molecule has 0 spiro atoms. The van der Waals surface area contributed by atoms with Crippen LogP contribution >= 0.6 is 0 Å². The van der Waals surface area contributed by atoms with Gasteiger partial charge in [-0.2, -0.15) is 5.26 Å². The van der Waals surface area contributed by atoms with Crippen LogP contribution in [0.4, 0.5) is 0 Å². The average molecular weight is 553 g/mol. The lowest BCUT2D eigenvalue weighted by molar-refractivity contribution is -0.130. The molecule has 1 atom stereocenters. The Hall–Kier alpha value is -4.77. The number of aromatic nitrogens is 1. The smallest absolute Gasteiger partial charge is 0.257 e. The summed E-state index contributed by atoms with van der Waals surface area (Å²) in [6.07, 6.45) is 12.1. The molecule has 0 saturated carbocycles. The number of carbonyl (C=O) groups is 2. The molecule has 0 bridgehead atoms. The largest absolute Gasteiger partial charge is 0.496 e. The number of rotatable bonds is 13. The molecule has 1 unspecified atom stereocenters. The topological polar surface area (TPSA) is 107 Å². The van der Waals surface area contributed by atoms with Crippen molar-refractivity contribution in [3.05, 3.63) is 101 Å². The Kier molecular flexibility index (Phi) is 10.4. The first-order valence-corrected chi connectivity index (χ1v) is 13.7. The van der Waals surface area contributed by atoms with Crippen LogP contribution in [0.3, 0.4) is 0 Å². The number of nitrogens with zero attached hydrogens (tertiary/aromatic N) is 2. The summed E-state index contributed by atoms with van der Waals surface area (Å²) < 4.78 is 11.2. The zero-order valence-electron chi connectivity index (χ0n) is 23.6. The first-order chi connectivity index (χ1) is 20.0. The molecular weight excluding hydrogens is 516 g/mol. The van der Waals surface area contributed by atoms with Crippen LogP contribution in [0.2, 0.25) is 0 Å². The van der Waals surface area contributed by atoms with E-state index in [1.807, 2.05) is 54.7 Å². The Morgan fingerprint density at radius 1 is 1.12 bits per heavy atom. The second kappa shape index (κ2) is 14.6. The van der Waals surface area contributed by atoms with Gasteiger partial charge < -0.3 is 24.7 Å². The minimum absolute atomic E-state index is 0.0487. The monoisotopic (exact) mass is 552 g/mol. The molecule has 2 amide bonds. The maximum atomic E-state index is 12.8. The Balaban J connectivity index is 1.45. The molecule has 8 heteroatoms. The number of benzene rings is 2. The maximum Gasteiger partial charge on any atom is 0.257 e. The van der Waals surface area contributed by atoms with E-state index in [1.165, 1.54) is 0 Å². The summed E-state index contributed by atoms with van der Waals surface area (Å²) in [7, 11) is 1.62. The van der Waals surface area contributed by atoms with Crippen molar-refractivity contribution in [2.24, 2.45) is 5.92 Å². The van der Waals surface area contributed by atoms with Crippen LogP contribution in [-0.2, 0) is 35.4 Å². The number of para-hydroxylation sites is 1. The third-order valence-corrected chi connectivity index (χ3v) is 7.07. The van der Waals surface area contributed by atoms with Gasteiger partial charge in [0.05, 0.1) is 19.6 Å². The highest BCUT2D eigenvalue weighted by Crippen LogP contribution is 2.24. The SMILES string of the molecule is COc1ccccc1CN(CC(CNC(=O)COc1ccc(CC#N)cc1)Cc1c[nH]c2c1C=CC=CC2)C(C)=O. The number of allylic oxidation sites excluding steroid dienone is 3. The molecule has 2 N–H and O–H groups in total. The van der Waals surface area contributed by atoms with Crippen molar-refractivity contribution in [1.29, 1.82) is 5.26 Å². The molecule has 1 heterocycles. The Morgan fingerprint density at radius 2 is 1.93 bits per heavy atom. The highest BCUT2D eigenvalue weighted by atomic mass is 16.5. The van der Waals surface area contributed by atoms with E-state index in [2.05, 4.69) is 28.5 Å². The zero-order valence-corrected chi connectivity index (χ0v) is 23.6. The van der Waals surface area contributed by atoms with Crippen molar-refractivity contribution in [3.8, 4) is 17.6 Å². The van der Waals surface area contributed by atoms with Crippen molar-refractivity contribution in [2.75, 3.05) is 26.8 Å². The lowest BCUT2D eigenvalue weighted by Gasteiger charge is -2.28. The van der Waals surface area contributed by atoms with E-state index in [9.17, 15) is 9.59 Å². The van der Waals surface area contributed by atoms with E-state index in [1.54, 1.807) is 31.1 Å². The number of amides is 2. The number of nitriles is 1. The van der Waals surface area contributed by atoms with E-state index in [4.69, 9.17) is 14.7 Å². The quantitative estimate of drug-likeness (QED) is 0.322. The summed E-state index contributed by atoms with van der Waals surface area (Å²) in [6.45, 7) is 2.68. The third-order valence-electron chi connectivity index (χ3n) is 7.07. The number of carbonyl (C=O) groups excluding carboxylic acids is 2. The van der Waals surface area contributed by atoms with Crippen LogP contribution < -0.4 is 14.8 Å². The van der Waals surface area contributed by atoms with Crippen LogP contribution in [0.25, 0.3) is 6.08 Å². The number of nitrogens with one attached hydrogen (secondary N) is 2. The fourth-order valence-corrected chi connectivity index (χ4v) is 4.91. The van der Waals surface area contributed by atoms with Crippen molar-refractivity contribution >= 4 is 17.9 Å². The maximum absolute atomic E-state index is 12.8. The van der Waals surface area contributed by atoms with Crippen molar-refractivity contribution in [3.63, 3.8) is 0 Å². The van der Waals surface area contributed by atoms with Gasteiger partial charge in [0.25, 0.3) is 5.91 Å². The average Bonchev–Trinajstić information content (AvgIpc) is 3.19. The lowest BCUT2D eigenvalue weighted by Crippen LogP contribution is -2.40. The molecule has 0 saturated heterocycles. The third kappa shape index (κ3) is 8.36. The van der Waals surface area contributed by atoms with E-state index < -0.39 is 0 Å². The van der Waals surface area contributed by atoms with Gasteiger partial charge >= 0.3 is 0 Å². The van der Waals surface area contributed by atoms with E-state index >= 15 is 0 Å². The van der Waals surface area contributed by atoms with Gasteiger partial charge in [-0.3, -0.25) is 9.59 Å². The van der Waals surface area contributed by atoms with Crippen LogP contribution in [0, 0.1) is 17.2 Å². The molecule has 41 heavy (non-hydrogen) atoms. The molecule has 3 aromatic rings. The van der Waals surface area contributed by atoms with Gasteiger partial charge in [-0.25, -0.2) is 0 Å². The highest BCUT2D eigenvalue weighted by molar-refractivity contribution is 5.77. The molecule has 4 rings (SSSR count). The number of H-pyrrole nitrogens is 1. The minimum atomic E-state index is -0.243. The van der Waals surface area contributed by atoms with Crippen molar-refractivity contribution < 1.29 is 19.1 Å². The van der Waals surface area contributed by atoms with Gasteiger partial charge in [0.15, 0.2) is 6.61 Å². The molecular formula is C33H36N4O4. The number of methoxy groups -OCH3 is 1. The standard InChI is InChI=1S/C33H36N4O4/c1-24(38)37(22-27-8-6-7-11-32(27)40-2)21-26(18-28-20-35-31-10-5-3-4-9-30(28)31)19-36-33(39)23-41-29-14-12-25(13-15-29)16-17-34/h3-9,11-15,20,26,35H,10,16,18-19,21-23H2,1-2H3,(H,36,39). The zero-order chi connectivity index (χ0) is 29.0. The molecule has 2 aromatic carbocycles. The molecule has 1 aliphatic rings. The van der Waals surface area contributed by atoms with Gasteiger partial charge in [-0.15, -0.1) is 0 Å². The minimum Gasteiger partial charge on any atom is -0.496 e. The van der Waals surface area contributed by atoms with Crippen LogP contribution in [-0.4, -0.2) is 48.5 Å². The van der Waals surface area contributed by atoms with Crippen LogP contribution in [0.1, 0.15) is 34.9 Å². The fraction of sp³-hybridized carbons (Fsp3) is 0.303. The molecule has 0 radical (unpaired) electrons. The second-order valence-corrected chi connectivity index (χ2v) is 10.1. The number of fused-ring (bicyclic) bond motifs is 1. The van der Waals surface area contributed by atoms with Gasteiger partial charge in [0, 0.05) is 50.4 Å². The molecule has 212 valence electrons.